The molecular weight excluding hydrogens is 365 g/mol. The van der Waals surface area contributed by atoms with Gasteiger partial charge >= 0.3 is 0 Å². The molecule has 1 saturated heterocycles. The second-order valence-corrected chi connectivity index (χ2v) is 6.32. The molecule has 1 aromatic carbocycles. The third-order valence-corrected chi connectivity index (χ3v) is 4.37. The van der Waals surface area contributed by atoms with Crippen LogP contribution in [-0.4, -0.2) is 53.4 Å². The highest BCUT2D eigenvalue weighted by molar-refractivity contribution is 6.36. The van der Waals surface area contributed by atoms with Gasteiger partial charge in [-0.25, -0.2) is 9.97 Å². The van der Waals surface area contributed by atoms with E-state index >= 15 is 0 Å². The zero-order chi connectivity index (χ0) is 17.8. The van der Waals surface area contributed by atoms with Crippen molar-refractivity contribution in [2.24, 2.45) is 0 Å². The minimum atomic E-state index is -0.360. The Morgan fingerprint density at radius 3 is 2.40 bits per heavy atom. The third kappa shape index (κ3) is 4.18. The molecule has 25 heavy (non-hydrogen) atoms. The van der Waals surface area contributed by atoms with Crippen molar-refractivity contribution in [3.8, 4) is 0 Å². The Bertz CT molecular complexity index is 777. The Morgan fingerprint density at radius 1 is 1.12 bits per heavy atom. The summed E-state index contributed by atoms with van der Waals surface area (Å²) in [6, 6.07) is 4.82. The van der Waals surface area contributed by atoms with Gasteiger partial charge in [0.15, 0.2) is 0 Å². The Balaban J connectivity index is 1.65. The van der Waals surface area contributed by atoms with Crippen LogP contribution in [0.3, 0.4) is 0 Å². The first-order chi connectivity index (χ1) is 12.1. The number of carbonyl (C=O) groups is 2. The number of piperazine rings is 1. The van der Waals surface area contributed by atoms with Gasteiger partial charge in [0, 0.05) is 43.6 Å². The molecule has 9 heteroatoms. The Morgan fingerprint density at radius 2 is 1.80 bits per heavy atom. The number of benzene rings is 1. The molecule has 1 N–H and O–H groups in total. The molecule has 0 aliphatic carbocycles. The topological polar surface area (TPSA) is 78.4 Å². The minimum Gasteiger partial charge on any atom is -0.342 e. The number of anilines is 2. The standard InChI is InChI=1S/C16H15Cl2N5O2/c17-12-1-2-14(13(18)7-12)21-15(25)11-8-19-16(20-9-11)23-5-3-22(10-24)4-6-23/h1-2,7-10H,3-6H2,(H,21,25). The zero-order valence-electron chi connectivity index (χ0n) is 13.2. The Labute approximate surface area is 154 Å². The number of halogens is 2. The van der Waals surface area contributed by atoms with Crippen LogP contribution in [0, 0.1) is 0 Å². The fourth-order valence-corrected chi connectivity index (χ4v) is 2.87. The maximum Gasteiger partial charge on any atom is 0.258 e. The molecule has 0 atom stereocenters. The lowest BCUT2D eigenvalue weighted by Crippen LogP contribution is -2.46. The van der Waals surface area contributed by atoms with Gasteiger partial charge in [-0.05, 0) is 18.2 Å². The molecule has 2 aromatic rings. The quantitative estimate of drug-likeness (QED) is 0.824. The monoisotopic (exact) mass is 379 g/mol. The van der Waals surface area contributed by atoms with Crippen molar-refractivity contribution in [3.63, 3.8) is 0 Å². The highest BCUT2D eigenvalue weighted by atomic mass is 35.5. The van der Waals surface area contributed by atoms with E-state index in [0.717, 1.165) is 6.41 Å². The molecule has 7 nitrogen and oxygen atoms in total. The summed E-state index contributed by atoms with van der Waals surface area (Å²) < 4.78 is 0. The van der Waals surface area contributed by atoms with Crippen LogP contribution in [0.1, 0.15) is 10.4 Å². The number of carbonyl (C=O) groups excluding carboxylic acids is 2. The summed E-state index contributed by atoms with van der Waals surface area (Å²) >= 11 is 11.9. The highest BCUT2D eigenvalue weighted by Gasteiger charge is 2.18. The van der Waals surface area contributed by atoms with Crippen LogP contribution in [0.25, 0.3) is 0 Å². The van der Waals surface area contributed by atoms with Crippen molar-refractivity contribution in [3.05, 3.63) is 46.2 Å². The van der Waals surface area contributed by atoms with E-state index in [-0.39, 0.29) is 5.91 Å². The molecule has 1 aliphatic heterocycles. The molecule has 2 amide bonds. The molecule has 0 saturated carbocycles. The second-order valence-electron chi connectivity index (χ2n) is 5.48. The average molecular weight is 380 g/mol. The van der Waals surface area contributed by atoms with E-state index in [1.54, 1.807) is 23.1 Å². The van der Waals surface area contributed by atoms with Gasteiger partial charge in [-0.1, -0.05) is 23.2 Å². The molecule has 0 spiro atoms. The summed E-state index contributed by atoms with van der Waals surface area (Å²) in [4.78, 5) is 35.2. The molecule has 130 valence electrons. The lowest BCUT2D eigenvalue weighted by molar-refractivity contribution is -0.118. The van der Waals surface area contributed by atoms with E-state index in [9.17, 15) is 9.59 Å². The summed E-state index contributed by atoms with van der Waals surface area (Å²) in [6.45, 7) is 2.57. The van der Waals surface area contributed by atoms with Gasteiger partial charge in [-0.15, -0.1) is 0 Å². The van der Waals surface area contributed by atoms with Crippen LogP contribution in [-0.2, 0) is 4.79 Å². The minimum absolute atomic E-state index is 0.321. The van der Waals surface area contributed by atoms with Crippen LogP contribution < -0.4 is 10.2 Å². The summed E-state index contributed by atoms with van der Waals surface area (Å²) in [5.41, 5.74) is 0.784. The van der Waals surface area contributed by atoms with Crippen molar-refractivity contribution in [1.82, 2.24) is 14.9 Å². The Hall–Kier alpha value is -2.38. The molecular formula is C16H15Cl2N5O2. The van der Waals surface area contributed by atoms with Crippen LogP contribution >= 0.6 is 23.2 Å². The molecule has 0 radical (unpaired) electrons. The van der Waals surface area contributed by atoms with E-state index in [1.807, 2.05) is 4.90 Å². The van der Waals surface area contributed by atoms with Crippen LogP contribution in [0.15, 0.2) is 30.6 Å². The van der Waals surface area contributed by atoms with Crippen molar-refractivity contribution < 1.29 is 9.59 Å². The predicted molar refractivity (Wildman–Crippen MR) is 96.3 cm³/mol. The van der Waals surface area contributed by atoms with Gasteiger partial charge in [-0.2, -0.15) is 0 Å². The van der Waals surface area contributed by atoms with Crippen LogP contribution in [0.5, 0.6) is 0 Å². The summed E-state index contributed by atoms with van der Waals surface area (Å²) in [5.74, 6) is 0.174. The number of nitrogens with zero attached hydrogens (tertiary/aromatic N) is 4. The third-order valence-electron chi connectivity index (χ3n) is 3.83. The van der Waals surface area contributed by atoms with Gasteiger partial charge in [0.05, 0.1) is 16.3 Å². The number of nitrogens with one attached hydrogen (secondary N) is 1. The lowest BCUT2D eigenvalue weighted by atomic mass is 10.2. The maximum absolute atomic E-state index is 12.3. The maximum atomic E-state index is 12.3. The summed E-state index contributed by atoms with van der Waals surface area (Å²) in [6.07, 6.45) is 3.77. The fraction of sp³-hybridized carbons (Fsp3) is 0.250. The smallest absolute Gasteiger partial charge is 0.258 e. The normalized spacial score (nSPS) is 14.3. The van der Waals surface area contributed by atoms with E-state index in [1.165, 1.54) is 12.4 Å². The SMILES string of the molecule is O=CN1CCN(c2ncc(C(=O)Nc3ccc(Cl)cc3Cl)cn2)CC1. The van der Waals surface area contributed by atoms with Gasteiger partial charge < -0.3 is 15.1 Å². The van der Waals surface area contributed by atoms with Crippen molar-refractivity contribution in [2.45, 2.75) is 0 Å². The lowest BCUT2D eigenvalue weighted by Gasteiger charge is -2.32. The second kappa shape index (κ2) is 7.67. The van der Waals surface area contributed by atoms with E-state index in [0.29, 0.717) is 53.4 Å². The highest BCUT2D eigenvalue weighted by Crippen LogP contribution is 2.25. The largest absolute Gasteiger partial charge is 0.342 e. The fourth-order valence-electron chi connectivity index (χ4n) is 2.41. The average Bonchev–Trinajstić information content (AvgIpc) is 2.64. The van der Waals surface area contributed by atoms with Gasteiger partial charge in [0.1, 0.15) is 0 Å². The number of hydrogen-bond acceptors (Lipinski definition) is 5. The van der Waals surface area contributed by atoms with Crippen molar-refractivity contribution in [2.75, 3.05) is 36.4 Å². The molecule has 0 unspecified atom stereocenters. The number of aromatic nitrogens is 2. The molecule has 1 aliphatic rings. The predicted octanol–water partition coefficient (Wildman–Crippen LogP) is 2.31. The summed E-state index contributed by atoms with van der Waals surface area (Å²) in [5, 5.41) is 3.54. The number of amides is 2. The Kier molecular flexibility index (Phi) is 5.35. The van der Waals surface area contributed by atoms with E-state index < -0.39 is 0 Å². The van der Waals surface area contributed by atoms with Gasteiger partial charge in [0.25, 0.3) is 5.91 Å². The van der Waals surface area contributed by atoms with Gasteiger partial charge in [-0.3, -0.25) is 9.59 Å². The number of rotatable bonds is 4. The van der Waals surface area contributed by atoms with E-state index in [4.69, 9.17) is 23.2 Å². The van der Waals surface area contributed by atoms with Crippen molar-refractivity contribution >= 4 is 47.2 Å². The van der Waals surface area contributed by atoms with E-state index in [2.05, 4.69) is 15.3 Å². The number of hydrogen-bond donors (Lipinski definition) is 1. The molecule has 2 heterocycles. The first-order valence-corrected chi connectivity index (χ1v) is 8.35. The van der Waals surface area contributed by atoms with Gasteiger partial charge in [0.2, 0.25) is 12.4 Å². The molecule has 1 aromatic heterocycles. The molecule has 3 rings (SSSR count). The zero-order valence-corrected chi connectivity index (χ0v) is 14.7. The summed E-state index contributed by atoms with van der Waals surface area (Å²) in [7, 11) is 0. The van der Waals surface area contributed by atoms with Crippen molar-refractivity contribution in [1.29, 1.82) is 0 Å². The molecule has 1 fully saturated rings. The van der Waals surface area contributed by atoms with Crippen LogP contribution in [0.4, 0.5) is 11.6 Å². The first kappa shape index (κ1) is 17.4. The van der Waals surface area contributed by atoms with Crippen LogP contribution in [0.2, 0.25) is 10.0 Å². The molecule has 0 bridgehead atoms. The first-order valence-electron chi connectivity index (χ1n) is 7.59.